The molecule has 1 aliphatic rings. The zero-order valence-corrected chi connectivity index (χ0v) is 12.2. The number of hydrogen-bond donors (Lipinski definition) is 1. The third kappa shape index (κ3) is 3.41. The van der Waals surface area contributed by atoms with Crippen molar-refractivity contribution in [2.75, 3.05) is 26.2 Å². The second-order valence-corrected chi connectivity index (χ2v) is 5.89. The Morgan fingerprint density at radius 2 is 2.14 bits per heavy atom. The van der Waals surface area contributed by atoms with Crippen LogP contribution < -0.4 is 5.73 Å². The van der Waals surface area contributed by atoms with Gasteiger partial charge in [0.15, 0.2) is 5.58 Å². The summed E-state index contributed by atoms with van der Waals surface area (Å²) in [5.74, 6) is 0.420. The summed E-state index contributed by atoms with van der Waals surface area (Å²) in [7, 11) is 0. The normalized spacial score (nSPS) is 17.6. The molecule has 5 heteroatoms. The molecule has 2 heterocycles. The number of aromatic nitrogens is 1. The molecule has 1 aromatic carbocycles. The molecule has 1 fully saturated rings. The molecule has 0 spiro atoms. The van der Waals surface area contributed by atoms with E-state index in [9.17, 15) is 4.39 Å². The van der Waals surface area contributed by atoms with Gasteiger partial charge in [-0.05, 0) is 69.9 Å². The maximum absolute atomic E-state index is 13.1. The van der Waals surface area contributed by atoms with Crippen LogP contribution in [-0.4, -0.2) is 36.2 Å². The van der Waals surface area contributed by atoms with Crippen LogP contribution in [0.2, 0.25) is 0 Å². The van der Waals surface area contributed by atoms with Crippen LogP contribution >= 0.6 is 0 Å². The lowest BCUT2D eigenvalue weighted by atomic mass is 9.97. The van der Waals surface area contributed by atoms with Gasteiger partial charge in [-0.2, -0.15) is 0 Å². The minimum atomic E-state index is -0.284. The Morgan fingerprint density at radius 1 is 1.33 bits per heavy atom. The van der Waals surface area contributed by atoms with Crippen LogP contribution in [0.5, 0.6) is 0 Å². The number of aryl methyl sites for hydroxylation is 1. The number of nitrogens with two attached hydrogens (primary N) is 1. The molecule has 2 N–H and O–H groups in total. The van der Waals surface area contributed by atoms with Crippen LogP contribution in [0.4, 0.5) is 4.39 Å². The second kappa shape index (κ2) is 6.54. The highest BCUT2D eigenvalue weighted by atomic mass is 19.1. The Hall–Kier alpha value is -1.46. The van der Waals surface area contributed by atoms with Crippen LogP contribution in [0.15, 0.2) is 22.7 Å². The van der Waals surface area contributed by atoms with E-state index in [4.69, 9.17) is 10.3 Å². The zero-order valence-electron chi connectivity index (χ0n) is 12.2. The Bertz CT molecular complexity index is 590. The maximum atomic E-state index is 13.1. The van der Waals surface area contributed by atoms with Gasteiger partial charge in [0.2, 0.25) is 0 Å². The maximum Gasteiger partial charge on any atom is 0.170 e. The van der Waals surface area contributed by atoms with Crippen molar-refractivity contribution in [3.63, 3.8) is 0 Å². The van der Waals surface area contributed by atoms with E-state index in [1.807, 2.05) is 0 Å². The zero-order chi connectivity index (χ0) is 14.7. The highest BCUT2D eigenvalue weighted by molar-refractivity contribution is 5.79. The summed E-state index contributed by atoms with van der Waals surface area (Å²) in [6.07, 6.45) is 4.34. The summed E-state index contributed by atoms with van der Waals surface area (Å²) in [4.78, 5) is 2.49. The van der Waals surface area contributed by atoms with Crippen molar-refractivity contribution in [1.82, 2.24) is 10.1 Å². The molecule has 0 aliphatic carbocycles. The summed E-state index contributed by atoms with van der Waals surface area (Å²) in [5, 5.41) is 5.00. The van der Waals surface area contributed by atoms with Gasteiger partial charge in [0.1, 0.15) is 5.82 Å². The van der Waals surface area contributed by atoms with Crippen molar-refractivity contribution in [3.8, 4) is 0 Å². The number of fused-ring (bicyclic) bond motifs is 1. The van der Waals surface area contributed by atoms with Gasteiger partial charge in [0.05, 0.1) is 5.69 Å². The summed E-state index contributed by atoms with van der Waals surface area (Å²) >= 11 is 0. The first-order valence-corrected chi connectivity index (χ1v) is 7.72. The lowest BCUT2D eigenvalue weighted by Gasteiger charge is -2.31. The molecule has 0 saturated carbocycles. The number of nitrogens with zero attached hydrogens (tertiary/aromatic N) is 2. The van der Waals surface area contributed by atoms with Crippen molar-refractivity contribution in [2.45, 2.75) is 25.7 Å². The third-order valence-electron chi connectivity index (χ3n) is 4.44. The lowest BCUT2D eigenvalue weighted by molar-refractivity contribution is 0.185. The predicted octanol–water partition coefficient (Wildman–Crippen LogP) is 2.57. The summed E-state index contributed by atoms with van der Waals surface area (Å²) in [5.41, 5.74) is 7.18. The lowest BCUT2D eigenvalue weighted by Crippen LogP contribution is -2.36. The second-order valence-electron chi connectivity index (χ2n) is 5.89. The van der Waals surface area contributed by atoms with Gasteiger partial charge in [0, 0.05) is 11.5 Å². The molecule has 3 rings (SSSR count). The van der Waals surface area contributed by atoms with Gasteiger partial charge in [0.25, 0.3) is 0 Å². The van der Waals surface area contributed by atoms with E-state index in [1.165, 1.54) is 25.0 Å². The summed E-state index contributed by atoms with van der Waals surface area (Å²) in [6, 6.07) is 4.60. The third-order valence-corrected chi connectivity index (χ3v) is 4.44. The molecule has 114 valence electrons. The number of hydrogen-bond acceptors (Lipinski definition) is 4. The molecule has 21 heavy (non-hydrogen) atoms. The molecule has 1 aromatic heterocycles. The van der Waals surface area contributed by atoms with Crippen LogP contribution in [-0.2, 0) is 6.42 Å². The fourth-order valence-corrected chi connectivity index (χ4v) is 3.06. The first kappa shape index (κ1) is 14.5. The molecule has 1 aliphatic heterocycles. The van der Waals surface area contributed by atoms with Crippen molar-refractivity contribution in [3.05, 3.63) is 29.7 Å². The minimum Gasteiger partial charge on any atom is -0.356 e. The van der Waals surface area contributed by atoms with Crippen LogP contribution in [0.3, 0.4) is 0 Å². The highest BCUT2D eigenvalue weighted by Gasteiger charge is 2.17. The summed E-state index contributed by atoms with van der Waals surface area (Å²) in [6.45, 7) is 4.18. The number of benzene rings is 1. The van der Waals surface area contributed by atoms with Crippen LogP contribution in [0.25, 0.3) is 11.0 Å². The topological polar surface area (TPSA) is 55.3 Å². The predicted molar refractivity (Wildman–Crippen MR) is 80.5 cm³/mol. The van der Waals surface area contributed by atoms with Crippen LogP contribution in [0, 0.1) is 11.7 Å². The molecular formula is C16H22FN3O. The molecule has 2 aromatic rings. The van der Waals surface area contributed by atoms with Crippen molar-refractivity contribution >= 4 is 11.0 Å². The molecule has 0 unspecified atom stereocenters. The minimum absolute atomic E-state index is 0.284. The Morgan fingerprint density at radius 3 is 2.90 bits per heavy atom. The SMILES string of the molecule is NCC1CCN(CCCc2noc3cc(F)ccc23)CC1. The molecule has 0 bridgehead atoms. The Labute approximate surface area is 124 Å². The number of piperidine rings is 1. The molecule has 4 nitrogen and oxygen atoms in total. The van der Waals surface area contributed by atoms with Gasteiger partial charge >= 0.3 is 0 Å². The molecule has 0 radical (unpaired) electrons. The number of rotatable bonds is 5. The Kier molecular flexibility index (Phi) is 4.51. The standard InChI is InChI=1S/C16H22FN3O/c17-13-3-4-14-15(19-21-16(14)10-13)2-1-7-20-8-5-12(11-18)6-9-20/h3-4,10,12H,1-2,5-9,11,18H2. The van der Waals surface area contributed by atoms with Gasteiger partial charge in [-0.15, -0.1) is 0 Å². The number of likely N-dealkylation sites (tertiary alicyclic amines) is 1. The smallest absolute Gasteiger partial charge is 0.170 e. The molecular weight excluding hydrogens is 269 g/mol. The van der Waals surface area contributed by atoms with Crippen molar-refractivity contribution in [1.29, 1.82) is 0 Å². The van der Waals surface area contributed by atoms with E-state index >= 15 is 0 Å². The van der Waals surface area contributed by atoms with E-state index in [2.05, 4.69) is 10.1 Å². The van der Waals surface area contributed by atoms with E-state index in [1.54, 1.807) is 6.07 Å². The highest BCUT2D eigenvalue weighted by Crippen LogP contribution is 2.21. The Balaban J connectivity index is 1.51. The van der Waals surface area contributed by atoms with E-state index < -0.39 is 0 Å². The van der Waals surface area contributed by atoms with Gasteiger partial charge < -0.3 is 15.2 Å². The monoisotopic (exact) mass is 291 g/mol. The average molecular weight is 291 g/mol. The summed E-state index contributed by atoms with van der Waals surface area (Å²) < 4.78 is 18.3. The first-order valence-electron chi connectivity index (χ1n) is 7.72. The fraction of sp³-hybridized carbons (Fsp3) is 0.562. The van der Waals surface area contributed by atoms with Crippen LogP contribution in [0.1, 0.15) is 25.0 Å². The van der Waals surface area contributed by atoms with Gasteiger partial charge in [-0.1, -0.05) is 5.16 Å². The average Bonchev–Trinajstić information content (AvgIpc) is 2.90. The first-order chi connectivity index (χ1) is 10.3. The van der Waals surface area contributed by atoms with Crippen molar-refractivity contribution < 1.29 is 8.91 Å². The van der Waals surface area contributed by atoms with Gasteiger partial charge in [-0.25, -0.2) is 4.39 Å². The largest absolute Gasteiger partial charge is 0.356 e. The van der Waals surface area contributed by atoms with E-state index in [0.717, 1.165) is 50.1 Å². The molecule has 0 atom stereocenters. The molecule has 0 amide bonds. The number of halogens is 1. The van der Waals surface area contributed by atoms with Gasteiger partial charge in [-0.3, -0.25) is 0 Å². The van der Waals surface area contributed by atoms with Crippen molar-refractivity contribution in [2.24, 2.45) is 11.7 Å². The molecule has 1 saturated heterocycles. The van der Waals surface area contributed by atoms with E-state index in [-0.39, 0.29) is 5.82 Å². The fourth-order valence-electron chi connectivity index (χ4n) is 3.06. The van der Waals surface area contributed by atoms with E-state index in [0.29, 0.717) is 11.5 Å². The quantitative estimate of drug-likeness (QED) is 0.920.